The maximum Gasteiger partial charge on any atom is 0.307 e. The molecule has 9 heteroatoms. The standard InChI is InChI=1S/C24H31BrFN3O4/c25-19-4-1-16(13-27-19)28-22(32)24(8-11-33-12-10-29-9-5-15(26)14-29)18-3-2-17(20(24)21(30)31)23(18)6-7-23/h1,4,13,15,17-18,20H,2-3,5-12,14H2,(H,28,32)(H,30,31)/t15-,17+,18-,20-,24+/m0/s1. The van der Waals surface area contributed by atoms with Crippen LogP contribution in [-0.2, 0) is 14.3 Å². The lowest BCUT2D eigenvalue weighted by molar-refractivity contribution is -0.156. The molecule has 1 saturated heterocycles. The number of likely N-dealkylation sites (tertiary alicyclic amines) is 1. The van der Waals surface area contributed by atoms with Gasteiger partial charge in [0.15, 0.2) is 0 Å². The second-order valence-electron chi connectivity index (χ2n) is 10.2. The van der Waals surface area contributed by atoms with Crippen LogP contribution in [0.4, 0.5) is 10.1 Å². The van der Waals surface area contributed by atoms with Crippen LogP contribution in [0.25, 0.3) is 0 Å². The number of aromatic nitrogens is 1. The van der Waals surface area contributed by atoms with Crippen LogP contribution in [0, 0.1) is 28.6 Å². The highest BCUT2D eigenvalue weighted by molar-refractivity contribution is 9.10. The number of nitrogens with one attached hydrogen (secondary N) is 1. The average Bonchev–Trinajstić information content (AvgIpc) is 3.27. The third kappa shape index (κ3) is 4.00. The minimum absolute atomic E-state index is 0.00402. The number of carbonyl (C=O) groups excluding carboxylic acids is 1. The molecule has 1 aromatic heterocycles. The number of carbonyl (C=O) groups is 2. The zero-order valence-corrected chi connectivity index (χ0v) is 20.2. The number of ether oxygens (including phenoxy) is 1. The number of carboxylic acids is 1. The van der Waals surface area contributed by atoms with E-state index in [0.717, 1.165) is 32.2 Å². The highest BCUT2D eigenvalue weighted by Gasteiger charge is 2.77. The van der Waals surface area contributed by atoms with Gasteiger partial charge in [-0.15, -0.1) is 0 Å². The van der Waals surface area contributed by atoms with E-state index < -0.39 is 23.5 Å². The van der Waals surface area contributed by atoms with Gasteiger partial charge in [0.25, 0.3) is 0 Å². The summed E-state index contributed by atoms with van der Waals surface area (Å²) in [4.78, 5) is 32.6. The van der Waals surface area contributed by atoms with Gasteiger partial charge in [-0.25, -0.2) is 9.37 Å². The first kappa shape index (κ1) is 23.2. The van der Waals surface area contributed by atoms with E-state index in [4.69, 9.17) is 4.74 Å². The molecule has 0 radical (unpaired) electrons. The fraction of sp³-hybridized carbons (Fsp3) is 0.708. The van der Waals surface area contributed by atoms with Crippen molar-refractivity contribution in [1.29, 1.82) is 0 Å². The number of amides is 1. The summed E-state index contributed by atoms with van der Waals surface area (Å²) in [7, 11) is 0. The van der Waals surface area contributed by atoms with Crippen molar-refractivity contribution < 1.29 is 23.8 Å². The second kappa shape index (κ2) is 8.89. The fourth-order valence-corrected chi connectivity index (χ4v) is 7.48. The van der Waals surface area contributed by atoms with E-state index in [1.165, 1.54) is 0 Å². The van der Waals surface area contributed by atoms with Crippen LogP contribution in [0.15, 0.2) is 22.9 Å². The predicted octanol–water partition coefficient (Wildman–Crippen LogP) is 3.74. The number of pyridine rings is 1. The van der Waals surface area contributed by atoms with E-state index in [2.05, 4.69) is 26.2 Å². The van der Waals surface area contributed by atoms with Crippen LogP contribution in [0.2, 0.25) is 0 Å². The van der Waals surface area contributed by atoms with Crippen LogP contribution < -0.4 is 5.32 Å². The Kier molecular flexibility index (Phi) is 6.24. The summed E-state index contributed by atoms with van der Waals surface area (Å²) in [5.74, 6) is -1.67. The third-order valence-corrected chi connectivity index (χ3v) is 9.18. The Morgan fingerprint density at radius 3 is 2.73 bits per heavy atom. The number of hydrogen-bond acceptors (Lipinski definition) is 5. The van der Waals surface area contributed by atoms with Gasteiger partial charge in [0.2, 0.25) is 5.91 Å². The zero-order chi connectivity index (χ0) is 23.2. The van der Waals surface area contributed by atoms with Crippen LogP contribution in [-0.4, -0.2) is 65.9 Å². The molecular formula is C24H31BrFN3O4. The van der Waals surface area contributed by atoms with Crippen LogP contribution in [0.3, 0.4) is 0 Å². The Morgan fingerprint density at radius 1 is 1.27 bits per heavy atom. The number of aliphatic carboxylic acids is 1. The molecule has 4 aliphatic rings. The van der Waals surface area contributed by atoms with E-state index >= 15 is 0 Å². The number of halogens is 2. The minimum Gasteiger partial charge on any atom is -0.481 e. The Balaban J connectivity index is 1.33. The van der Waals surface area contributed by atoms with Crippen molar-refractivity contribution in [1.82, 2.24) is 9.88 Å². The van der Waals surface area contributed by atoms with E-state index in [1.807, 2.05) is 4.90 Å². The highest BCUT2D eigenvalue weighted by atomic mass is 79.9. The van der Waals surface area contributed by atoms with Crippen molar-refractivity contribution in [2.24, 2.45) is 28.6 Å². The number of carboxylic acid groups (broad SMARTS) is 1. The van der Waals surface area contributed by atoms with Gasteiger partial charge in [0, 0.05) is 26.2 Å². The molecule has 0 unspecified atom stereocenters. The van der Waals surface area contributed by atoms with Crippen molar-refractivity contribution in [3.8, 4) is 0 Å². The van der Waals surface area contributed by atoms with Gasteiger partial charge in [0.05, 0.1) is 29.8 Å². The molecule has 3 saturated carbocycles. The summed E-state index contributed by atoms with van der Waals surface area (Å²) < 4.78 is 20.0. The summed E-state index contributed by atoms with van der Waals surface area (Å²) in [6, 6.07) is 3.52. The van der Waals surface area contributed by atoms with E-state index in [9.17, 15) is 19.1 Å². The lowest BCUT2D eigenvalue weighted by Gasteiger charge is -2.40. The molecule has 5 rings (SSSR count). The maximum atomic E-state index is 13.8. The van der Waals surface area contributed by atoms with Gasteiger partial charge >= 0.3 is 5.97 Å². The first-order chi connectivity index (χ1) is 15.9. The first-order valence-electron chi connectivity index (χ1n) is 12.0. The van der Waals surface area contributed by atoms with Gasteiger partial charge in [-0.05, 0) is 83.8 Å². The SMILES string of the molecule is O=C(O)[C@@H]1[C@H]2CC[C@@H](C23CC3)[C@@]1(CCOCCN1CC[C@H](F)C1)C(=O)Nc1ccc(Br)nc1. The number of anilines is 1. The maximum absolute atomic E-state index is 13.8. The van der Waals surface area contributed by atoms with Gasteiger partial charge in [0.1, 0.15) is 10.8 Å². The van der Waals surface area contributed by atoms with Gasteiger partial charge in [-0.3, -0.25) is 14.5 Å². The molecule has 2 N–H and O–H groups in total. The lowest BCUT2D eigenvalue weighted by atomic mass is 9.63. The lowest BCUT2D eigenvalue weighted by Crippen LogP contribution is -2.50. The van der Waals surface area contributed by atoms with Crippen LogP contribution >= 0.6 is 15.9 Å². The summed E-state index contributed by atoms with van der Waals surface area (Å²) in [5, 5.41) is 13.3. The molecule has 2 heterocycles. The Morgan fingerprint density at radius 2 is 2.09 bits per heavy atom. The van der Waals surface area contributed by atoms with E-state index in [0.29, 0.717) is 49.4 Å². The number of alkyl halides is 1. The van der Waals surface area contributed by atoms with Gasteiger partial charge < -0.3 is 15.2 Å². The van der Waals surface area contributed by atoms with Gasteiger partial charge in [-0.1, -0.05) is 0 Å². The molecule has 33 heavy (non-hydrogen) atoms. The molecule has 1 amide bonds. The summed E-state index contributed by atoms with van der Waals surface area (Å²) in [5.41, 5.74) is -0.421. The number of nitrogens with zero attached hydrogens (tertiary/aromatic N) is 2. The topological polar surface area (TPSA) is 91.8 Å². The summed E-state index contributed by atoms with van der Waals surface area (Å²) >= 11 is 3.30. The molecule has 4 fully saturated rings. The fourth-order valence-electron chi connectivity index (χ4n) is 7.25. The Bertz CT molecular complexity index is 911. The van der Waals surface area contributed by atoms with Gasteiger partial charge in [-0.2, -0.15) is 0 Å². The Hall–Kier alpha value is -1.58. The molecule has 1 aromatic rings. The van der Waals surface area contributed by atoms with Crippen molar-refractivity contribution in [2.75, 3.05) is 38.2 Å². The van der Waals surface area contributed by atoms with E-state index in [1.54, 1.807) is 18.3 Å². The molecule has 0 aromatic carbocycles. The third-order valence-electron chi connectivity index (χ3n) is 8.71. The van der Waals surface area contributed by atoms with Crippen LogP contribution in [0.1, 0.15) is 38.5 Å². The summed E-state index contributed by atoms with van der Waals surface area (Å²) in [6.07, 6.45) is 5.58. The number of rotatable bonds is 9. The molecular weight excluding hydrogens is 493 g/mol. The van der Waals surface area contributed by atoms with Crippen molar-refractivity contribution in [2.45, 2.75) is 44.7 Å². The molecule has 1 spiro atoms. The molecule has 3 aliphatic carbocycles. The first-order valence-corrected chi connectivity index (χ1v) is 12.8. The van der Waals surface area contributed by atoms with Crippen molar-refractivity contribution in [3.63, 3.8) is 0 Å². The normalized spacial score (nSPS) is 34.1. The molecule has 1 aliphatic heterocycles. The summed E-state index contributed by atoms with van der Waals surface area (Å²) in [6.45, 7) is 2.62. The predicted molar refractivity (Wildman–Crippen MR) is 123 cm³/mol. The van der Waals surface area contributed by atoms with E-state index in [-0.39, 0.29) is 23.2 Å². The monoisotopic (exact) mass is 523 g/mol. The average molecular weight is 524 g/mol. The van der Waals surface area contributed by atoms with Crippen molar-refractivity contribution in [3.05, 3.63) is 22.9 Å². The number of hydrogen-bond donors (Lipinski definition) is 2. The molecule has 7 nitrogen and oxygen atoms in total. The van der Waals surface area contributed by atoms with Crippen molar-refractivity contribution >= 4 is 33.5 Å². The molecule has 180 valence electrons. The highest BCUT2D eigenvalue weighted by Crippen LogP contribution is 2.79. The quantitative estimate of drug-likeness (QED) is 0.378. The zero-order valence-electron chi connectivity index (χ0n) is 18.6. The Labute approximate surface area is 201 Å². The largest absolute Gasteiger partial charge is 0.481 e. The van der Waals surface area contributed by atoms with Crippen LogP contribution in [0.5, 0.6) is 0 Å². The molecule has 5 atom stereocenters. The smallest absolute Gasteiger partial charge is 0.307 e. The minimum atomic E-state index is -0.990. The second-order valence-corrected chi connectivity index (χ2v) is 11.0. The molecule has 2 bridgehead atoms.